The van der Waals surface area contributed by atoms with Crippen molar-refractivity contribution in [1.29, 1.82) is 0 Å². The Morgan fingerprint density at radius 2 is 2.10 bits per heavy atom. The van der Waals surface area contributed by atoms with E-state index < -0.39 is 12.0 Å². The zero-order valence-electron chi connectivity index (χ0n) is 12.3. The zero-order valence-corrected chi connectivity index (χ0v) is 12.3. The van der Waals surface area contributed by atoms with Crippen LogP contribution in [0.2, 0.25) is 0 Å². The quantitative estimate of drug-likeness (QED) is 0.907. The molecular formula is C16H19N3O2. The number of nitrogens with zero attached hydrogens (tertiary/aromatic N) is 2. The van der Waals surface area contributed by atoms with Crippen LogP contribution in [0.15, 0.2) is 24.3 Å². The minimum Gasteiger partial charge on any atom is -0.480 e. The van der Waals surface area contributed by atoms with Crippen LogP contribution in [0.5, 0.6) is 0 Å². The molecule has 1 aliphatic rings. The first-order valence-electron chi connectivity index (χ1n) is 7.20. The average Bonchev–Trinajstić information content (AvgIpc) is 2.96. The van der Waals surface area contributed by atoms with Gasteiger partial charge in [0.25, 0.3) is 0 Å². The smallest absolute Gasteiger partial charge is 0.326 e. The summed E-state index contributed by atoms with van der Waals surface area (Å²) in [7, 11) is 1.88. The van der Waals surface area contributed by atoms with Gasteiger partial charge in [0.2, 0.25) is 0 Å². The van der Waals surface area contributed by atoms with Crippen molar-refractivity contribution in [3.05, 3.63) is 30.0 Å². The SMILES string of the molecule is CNc1c(C)nc(N2CCCC2C(=O)O)c2ccccc12. The van der Waals surface area contributed by atoms with Crippen molar-refractivity contribution in [2.24, 2.45) is 0 Å². The van der Waals surface area contributed by atoms with Crippen molar-refractivity contribution in [3.8, 4) is 0 Å². The fraction of sp³-hybridized carbons (Fsp3) is 0.375. The summed E-state index contributed by atoms with van der Waals surface area (Å²) in [6, 6.07) is 7.54. The Morgan fingerprint density at radius 3 is 2.76 bits per heavy atom. The van der Waals surface area contributed by atoms with Crippen molar-refractivity contribution in [1.82, 2.24) is 4.98 Å². The second-order valence-electron chi connectivity index (χ2n) is 5.38. The first-order chi connectivity index (χ1) is 10.1. The number of anilines is 2. The number of hydrogen-bond donors (Lipinski definition) is 2. The van der Waals surface area contributed by atoms with Gasteiger partial charge in [-0.3, -0.25) is 0 Å². The molecule has 1 saturated heterocycles. The molecule has 110 valence electrons. The summed E-state index contributed by atoms with van der Waals surface area (Å²) in [5.74, 6) is 0.0146. The van der Waals surface area contributed by atoms with Crippen molar-refractivity contribution < 1.29 is 9.90 Å². The zero-order chi connectivity index (χ0) is 15.0. The molecule has 0 radical (unpaired) electrons. The highest BCUT2D eigenvalue weighted by Crippen LogP contribution is 2.35. The predicted molar refractivity (Wildman–Crippen MR) is 84.0 cm³/mol. The molecule has 0 saturated carbocycles. The molecule has 2 N–H and O–H groups in total. The number of carboxylic acids is 1. The van der Waals surface area contributed by atoms with Crippen LogP contribution in [0.4, 0.5) is 11.5 Å². The number of aryl methyl sites for hydroxylation is 1. The topological polar surface area (TPSA) is 65.5 Å². The van der Waals surface area contributed by atoms with E-state index in [1.807, 2.05) is 43.1 Å². The van der Waals surface area contributed by atoms with Crippen LogP contribution in [-0.2, 0) is 4.79 Å². The molecule has 21 heavy (non-hydrogen) atoms. The number of carbonyl (C=O) groups is 1. The standard InChI is InChI=1S/C16H19N3O2/c1-10-14(17-2)11-6-3-4-7-12(11)15(18-10)19-9-5-8-13(19)16(20)21/h3-4,6-7,13,17H,5,8-9H2,1-2H3,(H,20,21). The van der Waals surface area contributed by atoms with Crippen molar-refractivity contribution in [2.45, 2.75) is 25.8 Å². The molecule has 0 spiro atoms. The van der Waals surface area contributed by atoms with Gasteiger partial charge in [-0.1, -0.05) is 24.3 Å². The Morgan fingerprint density at radius 1 is 1.38 bits per heavy atom. The average molecular weight is 285 g/mol. The van der Waals surface area contributed by atoms with Crippen LogP contribution in [0.1, 0.15) is 18.5 Å². The van der Waals surface area contributed by atoms with Gasteiger partial charge in [0.05, 0.1) is 11.4 Å². The minimum absolute atomic E-state index is 0.472. The maximum absolute atomic E-state index is 11.4. The highest BCUT2D eigenvalue weighted by Gasteiger charge is 2.32. The van der Waals surface area contributed by atoms with Gasteiger partial charge in [0, 0.05) is 24.4 Å². The molecule has 1 atom stereocenters. The number of nitrogens with one attached hydrogen (secondary N) is 1. The summed E-state index contributed by atoms with van der Waals surface area (Å²) in [4.78, 5) is 18.1. The summed E-state index contributed by atoms with van der Waals surface area (Å²) in [5, 5.41) is 14.7. The van der Waals surface area contributed by atoms with Gasteiger partial charge in [-0.05, 0) is 19.8 Å². The van der Waals surface area contributed by atoms with E-state index >= 15 is 0 Å². The molecule has 5 nitrogen and oxygen atoms in total. The fourth-order valence-electron chi connectivity index (χ4n) is 3.18. The molecular weight excluding hydrogens is 266 g/mol. The van der Waals surface area contributed by atoms with E-state index in [2.05, 4.69) is 10.3 Å². The van der Waals surface area contributed by atoms with Gasteiger partial charge in [0.1, 0.15) is 11.9 Å². The highest BCUT2D eigenvalue weighted by molar-refractivity contribution is 6.02. The number of aliphatic carboxylic acids is 1. The van der Waals surface area contributed by atoms with Gasteiger partial charge in [0.15, 0.2) is 0 Å². The van der Waals surface area contributed by atoms with Crippen LogP contribution in [-0.4, -0.2) is 35.7 Å². The molecule has 1 fully saturated rings. The van der Waals surface area contributed by atoms with Gasteiger partial charge in [-0.15, -0.1) is 0 Å². The normalized spacial score (nSPS) is 18.2. The van der Waals surface area contributed by atoms with E-state index in [0.717, 1.165) is 40.9 Å². The monoisotopic (exact) mass is 285 g/mol. The number of pyridine rings is 1. The molecule has 0 amide bonds. The second kappa shape index (κ2) is 5.24. The van der Waals surface area contributed by atoms with Crippen molar-refractivity contribution in [3.63, 3.8) is 0 Å². The summed E-state index contributed by atoms with van der Waals surface area (Å²) in [6.07, 6.45) is 1.57. The fourth-order valence-corrected chi connectivity index (χ4v) is 3.18. The maximum Gasteiger partial charge on any atom is 0.326 e. The van der Waals surface area contributed by atoms with Gasteiger partial charge in [-0.25, -0.2) is 9.78 Å². The number of rotatable bonds is 3. The Labute approximate surface area is 123 Å². The van der Waals surface area contributed by atoms with Gasteiger partial charge >= 0.3 is 5.97 Å². The summed E-state index contributed by atoms with van der Waals surface area (Å²) in [6.45, 7) is 2.69. The Kier molecular flexibility index (Phi) is 3.41. The van der Waals surface area contributed by atoms with E-state index in [1.165, 1.54) is 0 Å². The van der Waals surface area contributed by atoms with E-state index in [0.29, 0.717) is 6.42 Å². The molecule has 5 heteroatoms. The molecule has 1 aliphatic heterocycles. The van der Waals surface area contributed by atoms with Crippen molar-refractivity contribution >= 4 is 28.2 Å². The first-order valence-corrected chi connectivity index (χ1v) is 7.20. The summed E-state index contributed by atoms with van der Waals surface area (Å²) in [5.41, 5.74) is 1.89. The maximum atomic E-state index is 11.4. The molecule has 1 aromatic heterocycles. The molecule has 3 rings (SSSR count). The van der Waals surface area contributed by atoms with E-state index in [1.54, 1.807) is 0 Å². The summed E-state index contributed by atoms with van der Waals surface area (Å²) < 4.78 is 0. The summed E-state index contributed by atoms with van der Waals surface area (Å²) >= 11 is 0. The second-order valence-corrected chi connectivity index (χ2v) is 5.38. The van der Waals surface area contributed by atoms with Crippen LogP contribution >= 0.6 is 0 Å². The van der Waals surface area contributed by atoms with Crippen LogP contribution in [0.25, 0.3) is 10.8 Å². The number of benzene rings is 1. The molecule has 0 bridgehead atoms. The minimum atomic E-state index is -0.770. The van der Waals surface area contributed by atoms with Crippen molar-refractivity contribution in [2.75, 3.05) is 23.8 Å². The molecule has 2 aromatic rings. The van der Waals surface area contributed by atoms with Crippen LogP contribution < -0.4 is 10.2 Å². The number of carboxylic acid groups (broad SMARTS) is 1. The number of aromatic nitrogens is 1. The van der Waals surface area contributed by atoms with Gasteiger partial charge in [-0.2, -0.15) is 0 Å². The van der Waals surface area contributed by atoms with Crippen LogP contribution in [0.3, 0.4) is 0 Å². The Bertz CT molecular complexity index is 699. The van der Waals surface area contributed by atoms with Crippen LogP contribution in [0, 0.1) is 6.92 Å². The lowest BCUT2D eigenvalue weighted by molar-refractivity contribution is -0.138. The number of hydrogen-bond acceptors (Lipinski definition) is 4. The molecule has 2 heterocycles. The third-order valence-electron chi connectivity index (χ3n) is 4.13. The van der Waals surface area contributed by atoms with E-state index in [-0.39, 0.29) is 0 Å². The molecule has 0 aliphatic carbocycles. The van der Waals surface area contributed by atoms with E-state index in [9.17, 15) is 9.90 Å². The van der Waals surface area contributed by atoms with E-state index in [4.69, 9.17) is 0 Å². The lowest BCUT2D eigenvalue weighted by Gasteiger charge is -2.25. The highest BCUT2D eigenvalue weighted by atomic mass is 16.4. The number of fused-ring (bicyclic) bond motifs is 1. The Hall–Kier alpha value is -2.30. The predicted octanol–water partition coefficient (Wildman–Crippen LogP) is 2.64. The third-order valence-corrected chi connectivity index (χ3v) is 4.13. The van der Waals surface area contributed by atoms with Gasteiger partial charge < -0.3 is 15.3 Å². The molecule has 1 unspecified atom stereocenters. The lowest BCUT2D eigenvalue weighted by Crippen LogP contribution is -2.36. The largest absolute Gasteiger partial charge is 0.480 e. The molecule has 1 aromatic carbocycles. The Balaban J connectivity index is 2.21. The first kappa shape index (κ1) is 13.7. The third kappa shape index (κ3) is 2.18. The lowest BCUT2D eigenvalue weighted by atomic mass is 10.1.